The summed E-state index contributed by atoms with van der Waals surface area (Å²) in [7, 11) is 0. The molecule has 20 heavy (non-hydrogen) atoms. The van der Waals surface area contributed by atoms with Gasteiger partial charge in [-0.15, -0.1) is 0 Å². The molecule has 1 amide bonds. The molecule has 2 aliphatic carbocycles. The minimum absolute atomic E-state index is 0.0974. The summed E-state index contributed by atoms with van der Waals surface area (Å²) in [4.78, 5) is 11.8. The molecule has 3 unspecified atom stereocenters. The van der Waals surface area contributed by atoms with Crippen molar-refractivity contribution < 1.29 is 14.6 Å². The summed E-state index contributed by atoms with van der Waals surface area (Å²) >= 11 is 0. The standard InChI is InChI=1S/C16H29NO3/c1-12-6-2-5-9-15(12)20-11-16(19)17-10-14(18)13-7-3-4-8-13/h12-15,18H,2-11H2,1H3,(H,17,19). The number of rotatable bonds is 6. The third kappa shape index (κ3) is 4.74. The van der Waals surface area contributed by atoms with Crippen LogP contribution in [0.5, 0.6) is 0 Å². The maximum Gasteiger partial charge on any atom is 0.246 e. The fourth-order valence-electron chi connectivity index (χ4n) is 3.49. The number of nitrogens with one attached hydrogen (secondary N) is 1. The van der Waals surface area contributed by atoms with Gasteiger partial charge in [0, 0.05) is 6.54 Å². The smallest absolute Gasteiger partial charge is 0.246 e. The molecule has 4 heteroatoms. The van der Waals surface area contributed by atoms with Crippen LogP contribution in [-0.2, 0) is 9.53 Å². The van der Waals surface area contributed by atoms with E-state index in [-0.39, 0.29) is 18.6 Å². The average molecular weight is 283 g/mol. The van der Waals surface area contributed by atoms with Crippen molar-refractivity contribution in [2.45, 2.75) is 70.5 Å². The van der Waals surface area contributed by atoms with Crippen LogP contribution >= 0.6 is 0 Å². The van der Waals surface area contributed by atoms with Gasteiger partial charge in [0.15, 0.2) is 0 Å². The maximum absolute atomic E-state index is 11.8. The second kappa shape index (κ2) is 7.99. The Kier molecular flexibility index (Phi) is 6.30. The molecule has 0 aromatic carbocycles. The van der Waals surface area contributed by atoms with Crippen LogP contribution in [0.2, 0.25) is 0 Å². The van der Waals surface area contributed by atoms with E-state index in [2.05, 4.69) is 12.2 Å². The number of carbonyl (C=O) groups is 1. The monoisotopic (exact) mass is 283 g/mol. The van der Waals surface area contributed by atoms with E-state index in [4.69, 9.17) is 4.74 Å². The zero-order valence-corrected chi connectivity index (χ0v) is 12.6. The Morgan fingerprint density at radius 3 is 2.55 bits per heavy atom. The minimum atomic E-state index is -0.393. The molecule has 0 aromatic heterocycles. The predicted octanol–water partition coefficient (Wildman–Crippen LogP) is 2.25. The van der Waals surface area contributed by atoms with E-state index in [1.165, 1.54) is 32.1 Å². The first-order chi connectivity index (χ1) is 9.66. The number of hydrogen-bond donors (Lipinski definition) is 2. The average Bonchev–Trinajstić information content (AvgIpc) is 2.98. The van der Waals surface area contributed by atoms with Gasteiger partial charge in [-0.1, -0.05) is 32.6 Å². The molecule has 0 spiro atoms. The topological polar surface area (TPSA) is 58.6 Å². The first kappa shape index (κ1) is 15.8. The van der Waals surface area contributed by atoms with Gasteiger partial charge >= 0.3 is 0 Å². The molecule has 2 saturated carbocycles. The Hall–Kier alpha value is -0.610. The Labute approximate surface area is 122 Å². The Morgan fingerprint density at radius 2 is 1.85 bits per heavy atom. The summed E-state index contributed by atoms with van der Waals surface area (Å²) in [6, 6.07) is 0. The quantitative estimate of drug-likeness (QED) is 0.786. The van der Waals surface area contributed by atoms with Crippen molar-refractivity contribution >= 4 is 5.91 Å². The van der Waals surface area contributed by atoms with Gasteiger partial charge in [-0.2, -0.15) is 0 Å². The molecule has 2 rings (SSSR count). The van der Waals surface area contributed by atoms with Crippen LogP contribution < -0.4 is 5.32 Å². The summed E-state index contributed by atoms with van der Waals surface area (Å²) in [6.45, 7) is 2.70. The summed E-state index contributed by atoms with van der Waals surface area (Å²) in [5, 5.41) is 12.8. The summed E-state index contributed by atoms with van der Waals surface area (Å²) < 4.78 is 5.72. The zero-order chi connectivity index (χ0) is 14.4. The lowest BCUT2D eigenvalue weighted by Crippen LogP contribution is -2.38. The van der Waals surface area contributed by atoms with Gasteiger partial charge in [0.2, 0.25) is 5.91 Å². The Balaban J connectivity index is 1.60. The van der Waals surface area contributed by atoms with Crippen LogP contribution in [0.25, 0.3) is 0 Å². The molecule has 0 aliphatic heterocycles. The summed E-state index contributed by atoms with van der Waals surface area (Å²) in [5.74, 6) is 0.829. The highest BCUT2D eigenvalue weighted by atomic mass is 16.5. The van der Waals surface area contributed by atoms with E-state index >= 15 is 0 Å². The molecule has 2 N–H and O–H groups in total. The van der Waals surface area contributed by atoms with E-state index in [0.29, 0.717) is 18.4 Å². The second-order valence-corrected chi connectivity index (χ2v) is 6.53. The van der Waals surface area contributed by atoms with Crippen molar-refractivity contribution in [1.29, 1.82) is 0 Å². The largest absolute Gasteiger partial charge is 0.391 e. The Bertz CT molecular complexity index is 302. The molecule has 2 fully saturated rings. The van der Waals surface area contributed by atoms with E-state index in [9.17, 15) is 9.90 Å². The number of amides is 1. The SMILES string of the molecule is CC1CCCCC1OCC(=O)NCC(O)C1CCCC1. The fourth-order valence-corrected chi connectivity index (χ4v) is 3.49. The molecule has 2 aliphatic rings. The molecule has 0 bridgehead atoms. The van der Waals surface area contributed by atoms with Crippen molar-refractivity contribution in [3.8, 4) is 0 Å². The third-order valence-electron chi connectivity index (χ3n) is 4.91. The van der Waals surface area contributed by atoms with Gasteiger partial charge < -0.3 is 15.2 Å². The van der Waals surface area contributed by atoms with Crippen LogP contribution in [0.3, 0.4) is 0 Å². The highest BCUT2D eigenvalue weighted by Gasteiger charge is 2.24. The highest BCUT2D eigenvalue weighted by Crippen LogP contribution is 2.27. The van der Waals surface area contributed by atoms with Crippen LogP contribution in [0.4, 0.5) is 0 Å². The molecular formula is C16H29NO3. The Morgan fingerprint density at radius 1 is 1.20 bits per heavy atom. The lowest BCUT2D eigenvalue weighted by atomic mass is 9.88. The molecular weight excluding hydrogens is 254 g/mol. The zero-order valence-electron chi connectivity index (χ0n) is 12.6. The first-order valence-electron chi connectivity index (χ1n) is 8.23. The normalized spacial score (nSPS) is 29.3. The molecule has 0 heterocycles. The number of hydrogen-bond acceptors (Lipinski definition) is 3. The van der Waals surface area contributed by atoms with Crippen molar-refractivity contribution in [1.82, 2.24) is 5.32 Å². The van der Waals surface area contributed by atoms with Crippen molar-refractivity contribution in [3.05, 3.63) is 0 Å². The van der Waals surface area contributed by atoms with Gasteiger partial charge in [-0.05, 0) is 37.5 Å². The van der Waals surface area contributed by atoms with Crippen molar-refractivity contribution in [2.24, 2.45) is 11.8 Å². The molecule has 3 atom stereocenters. The van der Waals surface area contributed by atoms with Crippen LogP contribution in [0.15, 0.2) is 0 Å². The second-order valence-electron chi connectivity index (χ2n) is 6.53. The van der Waals surface area contributed by atoms with Gasteiger partial charge in [0.1, 0.15) is 6.61 Å². The van der Waals surface area contributed by atoms with E-state index < -0.39 is 6.10 Å². The van der Waals surface area contributed by atoms with E-state index in [0.717, 1.165) is 19.3 Å². The van der Waals surface area contributed by atoms with Gasteiger partial charge in [-0.25, -0.2) is 0 Å². The molecule has 0 saturated heterocycles. The van der Waals surface area contributed by atoms with E-state index in [1.807, 2.05) is 0 Å². The van der Waals surface area contributed by atoms with Crippen molar-refractivity contribution in [3.63, 3.8) is 0 Å². The molecule has 116 valence electrons. The predicted molar refractivity (Wildman–Crippen MR) is 78.3 cm³/mol. The highest BCUT2D eigenvalue weighted by molar-refractivity contribution is 5.77. The third-order valence-corrected chi connectivity index (χ3v) is 4.91. The molecule has 0 radical (unpaired) electrons. The van der Waals surface area contributed by atoms with Crippen LogP contribution in [-0.4, -0.2) is 36.4 Å². The lowest BCUT2D eigenvalue weighted by molar-refractivity contribution is -0.130. The van der Waals surface area contributed by atoms with Crippen LogP contribution in [0, 0.1) is 11.8 Å². The molecule has 0 aromatic rings. The summed E-state index contributed by atoms with van der Waals surface area (Å²) in [5.41, 5.74) is 0. The van der Waals surface area contributed by atoms with Gasteiger partial charge in [-0.3, -0.25) is 4.79 Å². The van der Waals surface area contributed by atoms with Gasteiger partial charge in [0.05, 0.1) is 12.2 Å². The molecule has 4 nitrogen and oxygen atoms in total. The number of aliphatic hydroxyl groups excluding tert-OH is 1. The number of carbonyl (C=O) groups excluding carboxylic acids is 1. The number of aliphatic hydroxyl groups is 1. The first-order valence-corrected chi connectivity index (χ1v) is 8.23. The lowest BCUT2D eigenvalue weighted by Gasteiger charge is -2.28. The van der Waals surface area contributed by atoms with Crippen molar-refractivity contribution in [2.75, 3.05) is 13.2 Å². The fraction of sp³-hybridized carbons (Fsp3) is 0.938. The number of ether oxygens (including phenoxy) is 1. The van der Waals surface area contributed by atoms with Gasteiger partial charge in [0.25, 0.3) is 0 Å². The van der Waals surface area contributed by atoms with Crippen LogP contribution in [0.1, 0.15) is 58.3 Å². The van der Waals surface area contributed by atoms with E-state index in [1.54, 1.807) is 0 Å². The maximum atomic E-state index is 11.8. The summed E-state index contributed by atoms with van der Waals surface area (Å²) in [6.07, 6.45) is 9.19. The minimum Gasteiger partial charge on any atom is -0.391 e.